The van der Waals surface area contributed by atoms with Gasteiger partial charge < -0.3 is 15.6 Å². The van der Waals surface area contributed by atoms with Gasteiger partial charge in [0.1, 0.15) is 0 Å². The first-order valence-electron chi connectivity index (χ1n) is 9.27. The van der Waals surface area contributed by atoms with Crippen molar-refractivity contribution in [3.05, 3.63) is 35.5 Å². The van der Waals surface area contributed by atoms with Crippen molar-refractivity contribution in [2.75, 3.05) is 25.9 Å². The molecule has 0 spiro atoms. The molecule has 1 aromatic carbocycles. The number of benzene rings is 1. The summed E-state index contributed by atoms with van der Waals surface area (Å²) in [5.41, 5.74) is 3.91. The number of aliphatic imine (C=N–C) groups is 1. The van der Waals surface area contributed by atoms with Gasteiger partial charge in [-0.2, -0.15) is 0 Å². The molecule has 26 heavy (non-hydrogen) atoms. The normalized spacial score (nSPS) is 13.8. The Bertz CT molecular complexity index is 774. The van der Waals surface area contributed by atoms with Gasteiger partial charge in [-0.3, -0.25) is 9.20 Å². The van der Waals surface area contributed by atoms with Crippen molar-refractivity contribution >= 4 is 27.7 Å². The van der Waals surface area contributed by atoms with Crippen molar-refractivity contribution < 1.29 is 4.21 Å². The lowest BCUT2D eigenvalue weighted by Gasteiger charge is -2.18. The summed E-state index contributed by atoms with van der Waals surface area (Å²) in [5.74, 6) is 1.37. The highest BCUT2D eigenvalue weighted by Crippen LogP contribution is 2.22. The van der Waals surface area contributed by atoms with E-state index >= 15 is 0 Å². The second-order valence-corrected chi connectivity index (χ2v) is 9.67. The molecule has 0 aliphatic carbocycles. The van der Waals surface area contributed by atoms with Gasteiger partial charge in [-0.05, 0) is 44.7 Å². The molecular formula is C20H32N4OS. The first-order chi connectivity index (χ1) is 12.4. The van der Waals surface area contributed by atoms with Crippen LogP contribution in [-0.4, -0.2) is 45.8 Å². The summed E-state index contributed by atoms with van der Waals surface area (Å²) in [7, 11) is 0.905. The summed E-state index contributed by atoms with van der Waals surface area (Å²) < 4.78 is 11.9. The average Bonchev–Trinajstić information content (AvgIpc) is 3.02. The minimum atomic E-state index is -0.854. The molecule has 0 bridgehead atoms. The van der Waals surface area contributed by atoms with Crippen molar-refractivity contribution in [3.8, 4) is 0 Å². The lowest BCUT2D eigenvalue weighted by Crippen LogP contribution is -2.41. The first-order valence-corrected chi connectivity index (χ1v) is 10.6. The van der Waals surface area contributed by atoms with Crippen LogP contribution >= 0.6 is 0 Å². The van der Waals surface area contributed by atoms with Gasteiger partial charge in [0.2, 0.25) is 0 Å². The van der Waals surface area contributed by atoms with Crippen LogP contribution in [0.5, 0.6) is 0 Å². The van der Waals surface area contributed by atoms with E-state index in [0.29, 0.717) is 12.3 Å². The van der Waals surface area contributed by atoms with E-state index < -0.39 is 10.8 Å². The molecule has 0 fully saturated rings. The summed E-state index contributed by atoms with van der Waals surface area (Å²) in [6.07, 6.45) is 4.05. The molecule has 5 nitrogen and oxygen atoms in total. The maximum absolute atomic E-state index is 12.1. The third-order valence-electron chi connectivity index (χ3n) is 4.44. The van der Waals surface area contributed by atoms with Gasteiger partial charge in [0.05, 0.1) is 0 Å². The zero-order valence-corrected chi connectivity index (χ0v) is 17.4. The van der Waals surface area contributed by atoms with E-state index in [9.17, 15) is 4.21 Å². The number of H-pyrrole nitrogens is 1. The zero-order valence-electron chi connectivity index (χ0n) is 16.6. The number of guanidine groups is 1. The number of aromatic amines is 1. The van der Waals surface area contributed by atoms with E-state index in [0.717, 1.165) is 25.3 Å². The zero-order chi connectivity index (χ0) is 19.2. The van der Waals surface area contributed by atoms with E-state index in [1.54, 1.807) is 7.05 Å². The van der Waals surface area contributed by atoms with Crippen molar-refractivity contribution in [1.82, 2.24) is 15.6 Å². The highest BCUT2D eigenvalue weighted by Gasteiger charge is 2.18. The van der Waals surface area contributed by atoms with Gasteiger partial charge in [-0.15, -0.1) is 0 Å². The van der Waals surface area contributed by atoms with E-state index in [1.807, 2.05) is 20.8 Å². The monoisotopic (exact) mass is 376 g/mol. The number of para-hydroxylation sites is 1. The number of fused-ring (bicyclic) bond motifs is 1. The Morgan fingerprint density at radius 2 is 1.92 bits per heavy atom. The SMILES string of the molecule is CCc1cccc2c(CCNC(=NC)NCCS(=O)C(C)(C)C)c[nH]c12. The summed E-state index contributed by atoms with van der Waals surface area (Å²) >= 11 is 0. The van der Waals surface area contributed by atoms with Crippen molar-refractivity contribution in [3.63, 3.8) is 0 Å². The van der Waals surface area contributed by atoms with Gasteiger partial charge >= 0.3 is 0 Å². The number of hydrogen-bond acceptors (Lipinski definition) is 2. The number of nitrogens with one attached hydrogen (secondary N) is 3. The van der Waals surface area contributed by atoms with Crippen LogP contribution in [0.25, 0.3) is 10.9 Å². The molecule has 0 aliphatic rings. The smallest absolute Gasteiger partial charge is 0.191 e. The van der Waals surface area contributed by atoms with E-state index in [-0.39, 0.29) is 4.75 Å². The number of nitrogens with zero attached hydrogens (tertiary/aromatic N) is 1. The fourth-order valence-electron chi connectivity index (χ4n) is 2.88. The average molecular weight is 377 g/mol. The standard InChI is InChI=1S/C20H32N4OS/c1-6-15-8-7-9-17-16(14-24-18(15)17)10-11-22-19(21-5)23-12-13-26(25)20(2,3)4/h7-9,14,24H,6,10-13H2,1-5H3,(H2,21,22,23). The number of rotatable bonds is 7. The molecule has 2 aromatic rings. The van der Waals surface area contributed by atoms with Crippen LogP contribution < -0.4 is 10.6 Å². The number of hydrogen-bond donors (Lipinski definition) is 3. The lowest BCUT2D eigenvalue weighted by molar-refractivity contribution is 0.647. The van der Waals surface area contributed by atoms with Gasteiger partial charge in [-0.25, -0.2) is 0 Å². The molecule has 0 saturated carbocycles. The molecule has 6 heteroatoms. The predicted octanol–water partition coefficient (Wildman–Crippen LogP) is 2.99. The van der Waals surface area contributed by atoms with Gasteiger partial charge in [0, 0.05) is 58.5 Å². The van der Waals surface area contributed by atoms with Crippen LogP contribution in [0.3, 0.4) is 0 Å². The summed E-state index contributed by atoms with van der Waals surface area (Å²) in [6, 6.07) is 6.48. The molecule has 1 heterocycles. The molecule has 1 atom stereocenters. The molecule has 1 unspecified atom stereocenters. The molecule has 144 valence electrons. The highest BCUT2D eigenvalue weighted by atomic mass is 32.2. The number of aromatic nitrogens is 1. The Labute approximate surface area is 159 Å². The largest absolute Gasteiger partial charge is 0.361 e. The van der Waals surface area contributed by atoms with E-state index in [1.165, 1.54) is 22.0 Å². The lowest BCUT2D eigenvalue weighted by atomic mass is 10.1. The maximum Gasteiger partial charge on any atom is 0.191 e. The molecule has 0 aliphatic heterocycles. The summed E-state index contributed by atoms with van der Waals surface area (Å²) in [6.45, 7) is 9.63. The first kappa shape index (κ1) is 20.5. The Balaban J connectivity index is 1.84. The Morgan fingerprint density at radius 1 is 1.19 bits per heavy atom. The third-order valence-corrected chi connectivity index (χ3v) is 6.38. The van der Waals surface area contributed by atoms with Crippen LogP contribution in [-0.2, 0) is 23.6 Å². The Morgan fingerprint density at radius 3 is 2.58 bits per heavy atom. The molecule has 3 N–H and O–H groups in total. The van der Waals surface area contributed by atoms with Gasteiger partial charge in [0.25, 0.3) is 0 Å². The third kappa shape index (κ3) is 5.34. The molecule has 0 saturated heterocycles. The minimum Gasteiger partial charge on any atom is -0.361 e. The molecule has 0 radical (unpaired) electrons. The topological polar surface area (TPSA) is 69.3 Å². The second kappa shape index (κ2) is 9.21. The van der Waals surface area contributed by atoms with Crippen molar-refractivity contribution in [2.45, 2.75) is 45.3 Å². The Kier molecular flexibility index (Phi) is 7.26. The molecule has 0 amide bonds. The molecule has 2 rings (SSSR count). The van der Waals surface area contributed by atoms with Crippen molar-refractivity contribution in [2.24, 2.45) is 4.99 Å². The predicted molar refractivity (Wildman–Crippen MR) is 114 cm³/mol. The van der Waals surface area contributed by atoms with Gasteiger partial charge in [-0.1, -0.05) is 25.1 Å². The fourth-order valence-corrected chi connectivity index (χ4v) is 3.78. The van der Waals surface area contributed by atoms with Crippen LogP contribution in [0, 0.1) is 0 Å². The quantitative estimate of drug-likeness (QED) is 0.514. The molecule has 1 aromatic heterocycles. The van der Waals surface area contributed by atoms with Crippen LogP contribution in [0.4, 0.5) is 0 Å². The highest BCUT2D eigenvalue weighted by molar-refractivity contribution is 7.86. The van der Waals surface area contributed by atoms with E-state index in [2.05, 4.69) is 51.9 Å². The van der Waals surface area contributed by atoms with Crippen LogP contribution in [0.1, 0.15) is 38.8 Å². The van der Waals surface area contributed by atoms with Crippen LogP contribution in [0.2, 0.25) is 0 Å². The number of aryl methyl sites for hydroxylation is 1. The molecular weight excluding hydrogens is 344 g/mol. The van der Waals surface area contributed by atoms with Crippen molar-refractivity contribution in [1.29, 1.82) is 0 Å². The second-order valence-electron chi connectivity index (χ2n) is 7.34. The summed E-state index contributed by atoms with van der Waals surface area (Å²) in [4.78, 5) is 7.66. The van der Waals surface area contributed by atoms with Gasteiger partial charge in [0.15, 0.2) is 5.96 Å². The minimum absolute atomic E-state index is 0.175. The fraction of sp³-hybridized carbons (Fsp3) is 0.550. The Hall–Kier alpha value is -1.82. The van der Waals surface area contributed by atoms with Crippen LogP contribution in [0.15, 0.2) is 29.4 Å². The maximum atomic E-state index is 12.1. The summed E-state index contributed by atoms with van der Waals surface area (Å²) in [5, 5.41) is 7.89. The van der Waals surface area contributed by atoms with E-state index in [4.69, 9.17) is 0 Å².